The Morgan fingerprint density at radius 1 is 1.11 bits per heavy atom. The number of thioether (sulfide) groups is 1. The van der Waals surface area contributed by atoms with E-state index in [2.05, 4.69) is 37.5 Å². The third kappa shape index (κ3) is 2.59. The van der Waals surface area contributed by atoms with Gasteiger partial charge in [-0.2, -0.15) is 11.8 Å². The van der Waals surface area contributed by atoms with Crippen LogP contribution < -0.4 is 5.32 Å². The maximum absolute atomic E-state index is 12.6. The van der Waals surface area contributed by atoms with Crippen molar-refractivity contribution in [3.63, 3.8) is 0 Å². The highest BCUT2D eigenvalue weighted by molar-refractivity contribution is 8.00. The number of Topliss-reactive ketones (excluding diaryl/α,β-unsaturated/α-hetero) is 1. The van der Waals surface area contributed by atoms with Gasteiger partial charge in [-0.3, -0.25) is 4.79 Å². The van der Waals surface area contributed by atoms with Crippen LogP contribution in [0.4, 0.5) is 0 Å². The number of hydrogen-bond donors (Lipinski definition) is 2. The standard InChI is InChI=1S/C24H37NO2S/c1-15-12-18-19-4-5-21(26)22(19,2)9-7-20(18)23(3)10-6-16(13-24(15,23)27)28-17-8-11-25-14-17/h16-20,25,27H,1,4-14H2,2-3H3/t16-,17-,18+,19+,20+,22+,23-,24+/m1/s1. The van der Waals surface area contributed by atoms with Gasteiger partial charge in [0, 0.05) is 34.3 Å². The lowest BCUT2D eigenvalue weighted by atomic mass is 9.43. The van der Waals surface area contributed by atoms with E-state index in [1.165, 1.54) is 12.8 Å². The zero-order valence-electron chi connectivity index (χ0n) is 17.6. The summed E-state index contributed by atoms with van der Waals surface area (Å²) in [5, 5.41) is 16.8. The molecule has 156 valence electrons. The number of fused-ring (bicyclic) bond motifs is 5. The molecule has 1 saturated heterocycles. The second-order valence-electron chi connectivity index (χ2n) is 11.0. The summed E-state index contributed by atoms with van der Waals surface area (Å²) in [7, 11) is 0. The Balaban J connectivity index is 1.40. The van der Waals surface area contributed by atoms with Gasteiger partial charge in [-0.05, 0) is 81.2 Å². The number of carbonyl (C=O) groups is 1. The molecule has 4 aliphatic carbocycles. The van der Waals surface area contributed by atoms with Crippen molar-refractivity contribution < 1.29 is 9.90 Å². The topological polar surface area (TPSA) is 49.3 Å². The molecule has 5 fully saturated rings. The van der Waals surface area contributed by atoms with Crippen molar-refractivity contribution in [2.75, 3.05) is 13.1 Å². The number of carbonyl (C=O) groups excluding carboxylic acids is 1. The number of hydrogen-bond acceptors (Lipinski definition) is 4. The minimum absolute atomic E-state index is 0.0645. The second-order valence-corrected chi connectivity index (χ2v) is 12.6. The van der Waals surface area contributed by atoms with Crippen LogP contribution in [0.3, 0.4) is 0 Å². The summed E-state index contributed by atoms with van der Waals surface area (Å²) < 4.78 is 0. The Labute approximate surface area is 174 Å². The molecule has 4 saturated carbocycles. The van der Waals surface area contributed by atoms with E-state index in [1.54, 1.807) is 0 Å². The van der Waals surface area contributed by atoms with Crippen LogP contribution in [0, 0.1) is 28.6 Å². The lowest BCUT2D eigenvalue weighted by Gasteiger charge is -2.64. The average molecular weight is 404 g/mol. The quantitative estimate of drug-likeness (QED) is 0.673. The fourth-order valence-corrected chi connectivity index (χ4v) is 9.70. The predicted molar refractivity (Wildman–Crippen MR) is 115 cm³/mol. The molecule has 0 aromatic heterocycles. The van der Waals surface area contributed by atoms with Gasteiger partial charge in [0.15, 0.2) is 0 Å². The lowest BCUT2D eigenvalue weighted by Crippen LogP contribution is -2.63. The number of rotatable bonds is 2. The van der Waals surface area contributed by atoms with Gasteiger partial charge in [0.25, 0.3) is 0 Å². The van der Waals surface area contributed by atoms with Crippen LogP contribution in [-0.2, 0) is 4.79 Å². The van der Waals surface area contributed by atoms with Crippen LogP contribution in [0.1, 0.15) is 71.6 Å². The minimum atomic E-state index is -0.716. The van der Waals surface area contributed by atoms with Gasteiger partial charge in [0.2, 0.25) is 0 Å². The van der Waals surface area contributed by atoms with Gasteiger partial charge >= 0.3 is 0 Å². The number of ketones is 1. The van der Waals surface area contributed by atoms with Crippen molar-refractivity contribution in [1.82, 2.24) is 5.32 Å². The highest BCUT2D eigenvalue weighted by Crippen LogP contribution is 2.68. The maximum Gasteiger partial charge on any atom is 0.139 e. The monoisotopic (exact) mass is 403 g/mol. The summed E-state index contributed by atoms with van der Waals surface area (Å²) >= 11 is 2.12. The van der Waals surface area contributed by atoms with Crippen molar-refractivity contribution in [3.8, 4) is 0 Å². The largest absolute Gasteiger partial charge is 0.385 e. The molecule has 0 radical (unpaired) electrons. The molecule has 0 unspecified atom stereocenters. The summed E-state index contributed by atoms with van der Waals surface area (Å²) in [6.45, 7) is 11.3. The summed E-state index contributed by atoms with van der Waals surface area (Å²) in [5.41, 5.74) is 0.197. The number of nitrogens with one attached hydrogen (secondary N) is 1. The van der Waals surface area contributed by atoms with Gasteiger partial charge in [0.05, 0.1) is 5.60 Å². The van der Waals surface area contributed by atoms with Gasteiger partial charge in [-0.25, -0.2) is 0 Å². The molecule has 0 amide bonds. The van der Waals surface area contributed by atoms with Gasteiger partial charge < -0.3 is 10.4 Å². The van der Waals surface area contributed by atoms with Crippen LogP contribution >= 0.6 is 11.8 Å². The first-order chi connectivity index (χ1) is 13.3. The second kappa shape index (κ2) is 6.59. The molecule has 8 atom stereocenters. The molecule has 0 spiro atoms. The fourth-order valence-electron chi connectivity index (χ4n) is 8.09. The molecule has 28 heavy (non-hydrogen) atoms. The molecule has 1 aliphatic heterocycles. The minimum Gasteiger partial charge on any atom is -0.385 e. The predicted octanol–water partition coefficient (Wildman–Crippen LogP) is 4.34. The first kappa shape index (κ1) is 19.6. The van der Waals surface area contributed by atoms with E-state index in [4.69, 9.17) is 0 Å². The number of aliphatic hydroxyl groups is 1. The molecule has 4 heteroatoms. The van der Waals surface area contributed by atoms with E-state index in [0.717, 1.165) is 63.6 Å². The molecule has 3 nitrogen and oxygen atoms in total. The smallest absolute Gasteiger partial charge is 0.139 e. The summed E-state index contributed by atoms with van der Waals surface area (Å²) in [4.78, 5) is 12.6. The van der Waals surface area contributed by atoms with E-state index in [9.17, 15) is 9.90 Å². The van der Waals surface area contributed by atoms with E-state index >= 15 is 0 Å². The first-order valence-corrected chi connectivity index (χ1v) is 12.5. The first-order valence-electron chi connectivity index (χ1n) is 11.6. The van der Waals surface area contributed by atoms with E-state index < -0.39 is 5.60 Å². The fraction of sp³-hybridized carbons (Fsp3) is 0.875. The summed E-state index contributed by atoms with van der Waals surface area (Å²) in [6.07, 6.45) is 9.38. The molecule has 5 aliphatic rings. The SMILES string of the molecule is C=C1C[C@H]2[C@@H]3CCC(=O)[C@@]3(C)CC[C@@H]2[C@@]2(C)CC[C@@H](S[C@@H]3CCNC3)C[C@]12O. The zero-order chi connectivity index (χ0) is 19.7. The van der Waals surface area contributed by atoms with Crippen molar-refractivity contribution in [2.45, 2.75) is 87.7 Å². The molecule has 0 bridgehead atoms. The Morgan fingerprint density at radius 3 is 2.68 bits per heavy atom. The van der Waals surface area contributed by atoms with E-state index in [-0.39, 0.29) is 10.8 Å². The van der Waals surface area contributed by atoms with Crippen LogP contribution in [-0.4, -0.2) is 40.1 Å². The average Bonchev–Trinajstić information content (AvgIpc) is 3.26. The van der Waals surface area contributed by atoms with Gasteiger partial charge in [-0.1, -0.05) is 20.4 Å². The lowest BCUT2D eigenvalue weighted by molar-refractivity contribution is -0.172. The zero-order valence-corrected chi connectivity index (χ0v) is 18.5. The third-order valence-corrected chi connectivity index (χ3v) is 11.5. The van der Waals surface area contributed by atoms with E-state index in [0.29, 0.717) is 34.0 Å². The van der Waals surface area contributed by atoms with E-state index in [1.807, 2.05) is 0 Å². The van der Waals surface area contributed by atoms with Crippen LogP contribution in [0.2, 0.25) is 0 Å². The van der Waals surface area contributed by atoms with Crippen LogP contribution in [0.5, 0.6) is 0 Å². The van der Waals surface area contributed by atoms with Crippen molar-refractivity contribution in [2.24, 2.45) is 28.6 Å². The van der Waals surface area contributed by atoms with Crippen molar-refractivity contribution in [1.29, 1.82) is 0 Å². The van der Waals surface area contributed by atoms with Crippen LogP contribution in [0.15, 0.2) is 12.2 Å². The Hall–Kier alpha value is -0.320. The molecule has 5 rings (SSSR count). The Morgan fingerprint density at radius 2 is 1.93 bits per heavy atom. The van der Waals surface area contributed by atoms with Crippen molar-refractivity contribution >= 4 is 17.5 Å². The van der Waals surface area contributed by atoms with Gasteiger partial charge in [-0.15, -0.1) is 0 Å². The molecular weight excluding hydrogens is 366 g/mol. The highest BCUT2D eigenvalue weighted by atomic mass is 32.2. The maximum atomic E-state index is 12.6. The van der Waals surface area contributed by atoms with Gasteiger partial charge in [0.1, 0.15) is 5.78 Å². The molecular formula is C24H37NO2S. The molecule has 2 N–H and O–H groups in total. The highest BCUT2D eigenvalue weighted by Gasteiger charge is 2.65. The van der Waals surface area contributed by atoms with Crippen molar-refractivity contribution in [3.05, 3.63) is 12.2 Å². The summed E-state index contributed by atoms with van der Waals surface area (Å²) in [5.74, 6) is 2.10. The molecule has 0 aromatic rings. The Bertz CT molecular complexity index is 688. The normalized spacial score (nSPS) is 53.6. The van der Waals surface area contributed by atoms with Crippen LogP contribution in [0.25, 0.3) is 0 Å². The molecule has 0 aromatic carbocycles. The Kier molecular flexibility index (Phi) is 4.62. The molecule has 1 heterocycles. The summed E-state index contributed by atoms with van der Waals surface area (Å²) in [6, 6.07) is 0. The third-order valence-electron chi connectivity index (χ3n) is 9.89.